The fourth-order valence-electron chi connectivity index (χ4n) is 1.99. The fraction of sp³-hybridized carbons (Fsp3) is 0.533. The topological polar surface area (TPSA) is 29.5 Å². The number of rotatable bonds is 1. The van der Waals surface area contributed by atoms with E-state index in [4.69, 9.17) is 4.74 Å². The highest BCUT2D eigenvalue weighted by Gasteiger charge is 2.23. The Morgan fingerprint density at radius 1 is 1.37 bits per heavy atom. The molecular weight excluding hydrogens is 258 g/mol. The fourth-order valence-corrected chi connectivity index (χ4v) is 2.93. The van der Waals surface area contributed by atoms with Gasteiger partial charge in [-0.05, 0) is 51.8 Å². The van der Waals surface area contributed by atoms with Gasteiger partial charge in [-0.15, -0.1) is 11.3 Å². The van der Waals surface area contributed by atoms with Crippen molar-refractivity contribution in [2.45, 2.75) is 39.7 Å². The Hall–Kier alpha value is -1.29. The van der Waals surface area contributed by atoms with Crippen LogP contribution in [-0.2, 0) is 4.74 Å². The van der Waals surface area contributed by atoms with Crippen molar-refractivity contribution in [1.82, 2.24) is 4.90 Å². The van der Waals surface area contributed by atoms with Gasteiger partial charge in [0.25, 0.3) is 0 Å². The summed E-state index contributed by atoms with van der Waals surface area (Å²) in [7, 11) is 0. The summed E-state index contributed by atoms with van der Waals surface area (Å²) in [5.74, 6) is 0. The third-order valence-electron chi connectivity index (χ3n) is 2.92. The van der Waals surface area contributed by atoms with E-state index in [0.29, 0.717) is 6.54 Å². The third-order valence-corrected chi connectivity index (χ3v) is 3.99. The van der Waals surface area contributed by atoms with Gasteiger partial charge in [0, 0.05) is 22.8 Å². The molecule has 3 nitrogen and oxygen atoms in total. The standard InChI is InChI=1S/C15H21NO2S/c1-11-5-6-13(19-11)12-7-9-16(10-8-12)14(17)18-15(2,3)4/h5-7H,8-10H2,1-4H3. The SMILES string of the molecule is Cc1ccc(C2=CCN(C(=O)OC(C)(C)C)CC2)s1. The van der Waals surface area contributed by atoms with Crippen LogP contribution in [0.15, 0.2) is 18.2 Å². The molecule has 0 saturated heterocycles. The van der Waals surface area contributed by atoms with E-state index in [2.05, 4.69) is 25.1 Å². The van der Waals surface area contributed by atoms with Gasteiger partial charge in [0.05, 0.1) is 0 Å². The molecule has 1 amide bonds. The largest absolute Gasteiger partial charge is 0.444 e. The molecular formula is C15H21NO2S. The van der Waals surface area contributed by atoms with Crippen LogP contribution >= 0.6 is 11.3 Å². The minimum atomic E-state index is -0.425. The minimum Gasteiger partial charge on any atom is -0.444 e. The monoisotopic (exact) mass is 279 g/mol. The smallest absolute Gasteiger partial charge is 0.410 e. The van der Waals surface area contributed by atoms with E-state index < -0.39 is 5.60 Å². The van der Waals surface area contributed by atoms with Crippen LogP contribution in [0.5, 0.6) is 0 Å². The van der Waals surface area contributed by atoms with E-state index in [1.54, 1.807) is 4.90 Å². The van der Waals surface area contributed by atoms with Crippen LogP contribution in [0, 0.1) is 6.92 Å². The Bertz CT molecular complexity index is 496. The summed E-state index contributed by atoms with van der Waals surface area (Å²) in [6.45, 7) is 9.17. The first kappa shape index (κ1) is 14.1. The average Bonchev–Trinajstić information content (AvgIpc) is 2.74. The number of aryl methyl sites for hydroxylation is 1. The molecule has 104 valence electrons. The number of carbonyl (C=O) groups excluding carboxylic acids is 1. The predicted octanol–water partition coefficient (Wildman–Crippen LogP) is 4.08. The van der Waals surface area contributed by atoms with E-state index in [1.807, 2.05) is 32.1 Å². The molecule has 19 heavy (non-hydrogen) atoms. The van der Waals surface area contributed by atoms with E-state index in [-0.39, 0.29) is 6.09 Å². The maximum absolute atomic E-state index is 11.9. The van der Waals surface area contributed by atoms with Gasteiger partial charge in [0.15, 0.2) is 0 Å². The summed E-state index contributed by atoms with van der Waals surface area (Å²) in [5, 5.41) is 0. The predicted molar refractivity (Wildman–Crippen MR) is 79.5 cm³/mol. The van der Waals surface area contributed by atoms with Gasteiger partial charge in [-0.3, -0.25) is 0 Å². The Balaban J connectivity index is 1.98. The average molecular weight is 279 g/mol. The van der Waals surface area contributed by atoms with Gasteiger partial charge in [-0.25, -0.2) is 4.79 Å². The third kappa shape index (κ3) is 3.83. The Morgan fingerprint density at radius 3 is 2.58 bits per heavy atom. The van der Waals surface area contributed by atoms with Gasteiger partial charge in [0.1, 0.15) is 5.60 Å². The Kier molecular flexibility index (Phi) is 3.99. The molecule has 0 atom stereocenters. The minimum absolute atomic E-state index is 0.217. The summed E-state index contributed by atoms with van der Waals surface area (Å²) in [6.07, 6.45) is 2.82. The summed E-state index contributed by atoms with van der Waals surface area (Å²) >= 11 is 1.81. The van der Waals surface area contributed by atoms with E-state index >= 15 is 0 Å². The lowest BCUT2D eigenvalue weighted by Crippen LogP contribution is -2.39. The highest BCUT2D eigenvalue weighted by molar-refractivity contribution is 7.13. The van der Waals surface area contributed by atoms with Crippen LogP contribution in [0.3, 0.4) is 0 Å². The van der Waals surface area contributed by atoms with Crippen LogP contribution in [0.4, 0.5) is 4.79 Å². The molecule has 4 heteroatoms. The van der Waals surface area contributed by atoms with Crippen molar-refractivity contribution >= 4 is 23.0 Å². The highest BCUT2D eigenvalue weighted by atomic mass is 32.1. The number of nitrogens with zero attached hydrogens (tertiary/aromatic N) is 1. The van der Waals surface area contributed by atoms with Crippen LogP contribution in [0.1, 0.15) is 36.9 Å². The Morgan fingerprint density at radius 2 is 2.11 bits per heavy atom. The molecule has 0 aliphatic carbocycles. The van der Waals surface area contributed by atoms with Crippen LogP contribution in [0.25, 0.3) is 5.57 Å². The number of amides is 1. The first-order valence-electron chi connectivity index (χ1n) is 6.59. The van der Waals surface area contributed by atoms with Crippen molar-refractivity contribution in [2.24, 2.45) is 0 Å². The van der Waals surface area contributed by atoms with Crippen LogP contribution < -0.4 is 0 Å². The second-order valence-corrected chi connectivity index (χ2v) is 7.10. The summed E-state index contributed by atoms with van der Waals surface area (Å²) in [5.41, 5.74) is 0.921. The second kappa shape index (κ2) is 5.37. The number of hydrogen-bond donors (Lipinski definition) is 0. The molecule has 2 heterocycles. The van der Waals surface area contributed by atoms with Crippen molar-refractivity contribution in [3.63, 3.8) is 0 Å². The van der Waals surface area contributed by atoms with Crippen LogP contribution in [-0.4, -0.2) is 29.7 Å². The summed E-state index contributed by atoms with van der Waals surface area (Å²) < 4.78 is 5.38. The lowest BCUT2D eigenvalue weighted by atomic mass is 10.1. The molecule has 0 saturated carbocycles. The van der Waals surface area contributed by atoms with Crippen molar-refractivity contribution in [1.29, 1.82) is 0 Å². The zero-order chi connectivity index (χ0) is 14.0. The molecule has 2 rings (SSSR count). The molecule has 1 aromatic heterocycles. The number of ether oxygens (including phenoxy) is 1. The summed E-state index contributed by atoms with van der Waals surface area (Å²) in [4.78, 5) is 16.3. The molecule has 1 aliphatic rings. The molecule has 1 aromatic rings. The van der Waals surface area contributed by atoms with Crippen molar-refractivity contribution in [2.75, 3.05) is 13.1 Å². The van der Waals surface area contributed by atoms with Gasteiger partial charge in [-0.1, -0.05) is 6.08 Å². The summed E-state index contributed by atoms with van der Waals surface area (Å²) in [6, 6.07) is 4.30. The molecule has 0 unspecified atom stereocenters. The molecule has 0 spiro atoms. The Labute approximate surface area is 118 Å². The van der Waals surface area contributed by atoms with Gasteiger partial charge in [0.2, 0.25) is 0 Å². The van der Waals surface area contributed by atoms with E-state index in [1.165, 1.54) is 15.3 Å². The first-order valence-corrected chi connectivity index (χ1v) is 7.40. The van der Waals surface area contributed by atoms with Gasteiger partial charge >= 0.3 is 6.09 Å². The van der Waals surface area contributed by atoms with Crippen molar-refractivity contribution < 1.29 is 9.53 Å². The number of hydrogen-bond acceptors (Lipinski definition) is 3. The maximum Gasteiger partial charge on any atom is 0.410 e. The highest BCUT2D eigenvalue weighted by Crippen LogP contribution is 2.28. The van der Waals surface area contributed by atoms with E-state index in [9.17, 15) is 4.79 Å². The lowest BCUT2D eigenvalue weighted by molar-refractivity contribution is 0.0270. The number of carbonyl (C=O) groups is 1. The van der Waals surface area contributed by atoms with Crippen LogP contribution in [0.2, 0.25) is 0 Å². The zero-order valence-corrected chi connectivity index (χ0v) is 12.8. The quantitative estimate of drug-likeness (QED) is 0.775. The first-order chi connectivity index (χ1) is 8.85. The molecule has 1 aliphatic heterocycles. The normalized spacial score (nSPS) is 16.2. The lowest BCUT2D eigenvalue weighted by Gasteiger charge is -2.29. The van der Waals surface area contributed by atoms with E-state index in [0.717, 1.165) is 13.0 Å². The molecule has 0 aromatic carbocycles. The number of thiophene rings is 1. The zero-order valence-electron chi connectivity index (χ0n) is 12.0. The molecule has 0 bridgehead atoms. The maximum atomic E-state index is 11.9. The second-order valence-electron chi connectivity index (χ2n) is 5.82. The molecule has 0 N–H and O–H groups in total. The molecule has 0 fully saturated rings. The van der Waals surface area contributed by atoms with Gasteiger partial charge in [-0.2, -0.15) is 0 Å². The molecule has 0 radical (unpaired) electrons. The van der Waals surface area contributed by atoms with Crippen molar-refractivity contribution in [3.05, 3.63) is 28.0 Å². The van der Waals surface area contributed by atoms with Crippen molar-refractivity contribution in [3.8, 4) is 0 Å². The van der Waals surface area contributed by atoms with Gasteiger partial charge < -0.3 is 9.64 Å².